The molecule has 0 aliphatic rings. The number of hydrogen-bond donors (Lipinski definition) is 1. The second-order valence-corrected chi connectivity index (χ2v) is 3.09. The van der Waals surface area contributed by atoms with E-state index in [-0.39, 0.29) is 12.5 Å². The number of aliphatic carboxylic acids is 1. The number of ether oxygens (including phenoxy) is 1. The standard InChI is InChI=1S/C9H18O3/c1-4-8(12-3)7(2)5-6-9(10)11/h7-8H,4-6H2,1-3H3,(H,10,11). The first kappa shape index (κ1) is 11.4. The van der Waals surface area contributed by atoms with E-state index in [2.05, 4.69) is 0 Å². The lowest BCUT2D eigenvalue weighted by Crippen LogP contribution is -2.20. The predicted molar refractivity (Wildman–Crippen MR) is 47.1 cm³/mol. The van der Waals surface area contributed by atoms with Crippen molar-refractivity contribution in [3.8, 4) is 0 Å². The van der Waals surface area contributed by atoms with Gasteiger partial charge < -0.3 is 9.84 Å². The van der Waals surface area contributed by atoms with Gasteiger partial charge >= 0.3 is 5.97 Å². The molecule has 0 aromatic heterocycles. The lowest BCUT2D eigenvalue weighted by atomic mass is 9.97. The van der Waals surface area contributed by atoms with E-state index in [1.807, 2.05) is 13.8 Å². The summed E-state index contributed by atoms with van der Waals surface area (Å²) in [5.41, 5.74) is 0. The number of rotatable bonds is 6. The normalized spacial score (nSPS) is 15.6. The Kier molecular flexibility index (Phi) is 5.72. The zero-order valence-electron chi connectivity index (χ0n) is 8.04. The number of carbonyl (C=O) groups is 1. The Labute approximate surface area is 73.7 Å². The van der Waals surface area contributed by atoms with Crippen molar-refractivity contribution in [2.45, 2.75) is 39.2 Å². The summed E-state index contributed by atoms with van der Waals surface area (Å²) in [4.78, 5) is 10.3. The second kappa shape index (κ2) is 6.00. The number of methoxy groups -OCH3 is 1. The van der Waals surface area contributed by atoms with Crippen LogP contribution < -0.4 is 0 Å². The highest BCUT2D eigenvalue weighted by atomic mass is 16.5. The maximum atomic E-state index is 10.3. The molecule has 3 heteroatoms. The Morgan fingerprint density at radius 2 is 2.17 bits per heavy atom. The first-order valence-electron chi connectivity index (χ1n) is 4.36. The van der Waals surface area contributed by atoms with Crippen LogP contribution in [0.1, 0.15) is 33.1 Å². The molecule has 3 nitrogen and oxygen atoms in total. The van der Waals surface area contributed by atoms with E-state index in [0.29, 0.717) is 12.3 Å². The molecule has 0 aromatic carbocycles. The molecule has 0 amide bonds. The highest BCUT2D eigenvalue weighted by molar-refractivity contribution is 5.66. The fraction of sp³-hybridized carbons (Fsp3) is 0.889. The molecular formula is C9H18O3. The first-order valence-corrected chi connectivity index (χ1v) is 4.36. The molecule has 12 heavy (non-hydrogen) atoms. The number of hydrogen-bond acceptors (Lipinski definition) is 2. The quantitative estimate of drug-likeness (QED) is 0.669. The highest BCUT2D eigenvalue weighted by Crippen LogP contribution is 2.15. The number of carboxylic acid groups (broad SMARTS) is 1. The summed E-state index contributed by atoms with van der Waals surface area (Å²) in [6.07, 6.45) is 2.07. The summed E-state index contributed by atoms with van der Waals surface area (Å²) in [6.45, 7) is 4.08. The Hall–Kier alpha value is -0.570. The first-order chi connectivity index (χ1) is 5.61. The monoisotopic (exact) mass is 174 g/mol. The molecule has 0 aliphatic heterocycles. The Balaban J connectivity index is 3.68. The van der Waals surface area contributed by atoms with Gasteiger partial charge in [0.15, 0.2) is 0 Å². The topological polar surface area (TPSA) is 46.5 Å². The lowest BCUT2D eigenvalue weighted by molar-refractivity contribution is -0.137. The van der Waals surface area contributed by atoms with Crippen molar-refractivity contribution < 1.29 is 14.6 Å². The predicted octanol–water partition coefficient (Wildman–Crippen LogP) is 1.91. The smallest absolute Gasteiger partial charge is 0.303 e. The van der Waals surface area contributed by atoms with Gasteiger partial charge in [0.2, 0.25) is 0 Å². The van der Waals surface area contributed by atoms with Crippen molar-refractivity contribution >= 4 is 5.97 Å². The molecule has 0 radical (unpaired) electrons. The van der Waals surface area contributed by atoms with Crippen LogP contribution in [0, 0.1) is 5.92 Å². The van der Waals surface area contributed by atoms with Crippen molar-refractivity contribution in [3.63, 3.8) is 0 Å². The van der Waals surface area contributed by atoms with Crippen LogP contribution in [0.15, 0.2) is 0 Å². The molecule has 0 aliphatic carbocycles. The molecule has 0 saturated carbocycles. The average Bonchev–Trinajstić information content (AvgIpc) is 2.03. The van der Waals surface area contributed by atoms with Gasteiger partial charge in [-0.15, -0.1) is 0 Å². The van der Waals surface area contributed by atoms with Crippen molar-refractivity contribution in [1.82, 2.24) is 0 Å². The Bertz CT molecular complexity index is 130. The van der Waals surface area contributed by atoms with Crippen LogP contribution in [0.5, 0.6) is 0 Å². The summed E-state index contributed by atoms with van der Waals surface area (Å²) < 4.78 is 5.20. The van der Waals surface area contributed by atoms with Crippen molar-refractivity contribution in [2.24, 2.45) is 5.92 Å². The van der Waals surface area contributed by atoms with Crippen LogP contribution >= 0.6 is 0 Å². The molecule has 0 rings (SSSR count). The van der Waals surface area contributed by atoms with Crippen LogP contribution in [-0.2, 0) is 9.53 Å². The second-order valence-electron chi connectivity index (χ2n) is 3.09. The SMILES string of the molecule is CCC(OC)C(C)CCC(=O)O. The van der Waals surface area contributed by atoms with E-state index in [1.165, 1.54) is 0 Å². The van der Waals surface area contributed by atoms with E-state index in [1.54, 1.807) is 7.11 Å². The Morgan fingerprint density at radius 1 is 1.58 bits per heavy atom. The van der Waals surface area contributed by atoms with Crippen LogP contribution in [-0.4, -0.2) is 24.3 Å². The summed E-state index contributed by atoms with van der Waals surface area (Å²) in [5, 5.41) is 8.45. The average molecular weight is 174 g/mol. The van der Waals surface area contributed by atoms with Gasteiger partial charge in [-0.3, -0.25) is 4.79 Å². The van der Waals surface area contributed by atoms with E-state index in [0.717, 1.165) is 6.42 Å². The largest absolute Gasteiger partial charge is 0.481 e. The van der Waals surface area contributed by atoms with Gasteiger partial charge in [-0.2, -0.15) is 0 Å². The van der Waals surface area contributed by atoms with E-state index in [9.17, 15) is 4.79 Å². The molecule has 0 spiro atoms. The summed E-state index contributed by atoms with van der Waals surface area (Å²) in [5.74, 6) is -0.399. The summed E-state index contributed by atoms with van der Waals surface area (Å²) >= 11 is 0. The Morgan fingerprint density at radius 3 is 2.50 bits per heavy atom. The minimum atomic E-state index is -0.729. The van der Waals surface area contributed by atoms with Gasteiger partial charge in [-0.1, -0.05) is 13.8 Å². The molecule has 0 heterocycles. The van der Waals surface area contributed by atoms with E-state index in [4.69, 9.17) is 9.84 Å². The molecule has 0 fully saturated rings. The zero-order valence-corrected chi connectivity index (χ0v) is 8.04. The van der Waals surface area contributed by atoms with Crippen LogP contribution in [0.3, 0.4) is 0 Å². The maximum absolute atomic E-state index is 10.3. The third kappa shape index (κ3) is 4.34. The van der Waals surface area contributed by atoms with Gasteiger partial charge in [0, 0.05) is 13.5 Å². The summed E-state index contributed by atoms with van der Waals surface area (Å²) in [7, 11) is 1.67. The summed E-state index contributed by atoms with van der Waals surface area (Å²) in [6, 6.07) is 0. The third-order valence-electron chi connectivity index (χ3n) is 2.15. The number of carboxylic acids is 1. The molecule has 1 N–H and O–H groups in total. The molecule has 2 atom stereocenters. The van der Waals surface area contributed by atoms with Gasteiger partial charge in [0.05, 0.1) is 6.10 Å². The van der Waals surface area contributed by atoms with E-state index >= 15 is 0 Å². The van der Waals surface area contributed by atoms with Gasteiger partial charge in [-0.05, 0) is 18.8 Å². The third-order valence-corrected chi connectivity index (χ3v) is 2.15. The van der Waals surface area contributed by atoms with Gasteiger partial charge in [0.25, 0.3) is 0 Å². The van der Waals surface area contributed by atoms with Crippen LogP contribution in [0.25, 0.3) is 0 Å². The highest BCUT2D eigenvalue weighted by Gasteiger charge is 2.15. The van der Waals surface area contributed by atoms with Crippen molar-refractivity contribution in [3.05, 3.63) is 0 Å². The minimum absolute atomic E-state index is 0.198. The van der Waals surface area contributed by atoms with Crippen LogP contribution in [0.2, 0.25) is 0 Å². The molecule has 2 unspecified atom stereocenters. The lowest BCUT2D eigenvalue weighted by Gasteiger charge is -2.20. The maximum Gasteiger partial charge on any atom is 0.303 e. The minimum Gasteiger partial charge on any atom is -0.481 e. The van der Waals surface area contributed by atoms with Crippen LogP contribution in [0.4, 0.5) is 0 Å². The van der Waals surface area contributed by atoms with Gasteiger partial charge in [-0.25, -0.2) is 0 Å². The molecule has 0 saturated heterocycles. The molecule has 72 valence electrons. The van der Waals surface area contributed by atoms with E-state index < -0.39 is 5.97 Å². The fourth-order valence-electron chi connectivity index (χ4n) is 1.34. The van der Waals surface area contributed by atoms with Crippen molar-refractivity contribution in [1.29, 1.82) is 0 Å². The fourth-order valence-corrected chi connectivity index (χ4v) is 1.34. The zero-order chi connectivity index (χ0) is 9.56. The van der Waals surface area contributed by atoms with Gasteiger partial charge in [0.1, 0.15) is 0 Å². The molecule has 0 aromatic rings. The van der Waals surface area contributed by atoms with Crippen molar-refractivity contribution in [2.75, 3.05) is 7.11 Å². The molecule has 0 bridgehead atoms. The molecular weight excluding hydrogens is 156 g/mol.